The lowest BCUT2D eigenvalue weighted by atomic mass is 9.84. The van der Waals surface area contributed by atoms with Crippen LogP contribution in [0.2, 0.25) is 0 Å². The number of carbonyl (C=O) groups is 2. The second kappa shape index (κ2) is 4.98. The summed E-state index contributed by atoms with van der Waals surface area (Å²) in [5.41, 5.74) is -0.0563. The van der Waals surface area contributed by atoms with Crippen molar-refractivity contribution in [2.45, 2.75) is 34.1 Å². The summed E-state index contributed by atoms with van der Waals surface area (Å²) in [4.78, 5) is 21.0. The summed E-state index contributed by atoms with van der Waals surface area (Å²) in [7, 11) is 0. The van der Waals surface area contributed by atoms with Gasteiger partial charge in [0.15, 0.2) is 0 Å². The van der Waals surface area contributed by atoms with Crippen LogP contribution in [0.1, 0.15) is 34.1 Å². The summed E-state index contributed by atoms with van der Waals surface area (Å²) in [6.07, 6.45) is 0.951. The highest BCUT2D eigenvalue weighted by atomic mass is 16.4. The molecule has 0 atom stereocenters. The lowest BCUT2D eigenvalue weighted by molar-refractivity contribution is -0.150. The van der Waals surface area contributed by atoms with Crippen LogP contribution in [0.5, 0.6) is 0 Å². The van der Waals surface area contributed by atoms with Crippen molar-refractivity contribution in [2.75, 3.05) is 6.54 Å². The van der Waals surface area contributed by atoms with E-state index in [9.17, 15) is 9.59 Å². The van der Waals surface area contributed by atoms with Gasteiger partial charge in [-0.05, 0) is 17.8 Å². The summed E-state index contributed by atoms with van der Waals surface area (Å²) >= 11 is 0. The zero-order valence-corrected chi connectivity index (χ0v) is 9.26. The molecular formula is C10H19NO3. The van der Waals surface area contributed by atoms with Crippen molar-refractivity contribution in [2.24, 2.45) is 11.3 Å². The molecule has 0 fully saturated rings. The number of rotatable bonds is 4. The maximum atomic E-state index is 10.8. The molecule has 0 saturated carbocycles. The molecular weight excluding hydrogens is 182 g/mol. The van der Waals surface area contributed by atoms with Crippen LogP contribution < -0.4 is 5.32 Å². The molecule has 0 unspecified atom stereocenters. The lowest BCUT2D eigenvalue weighted by Gasteiger charge is -2.26. The van der Waals surface area contributed by atoms with E-state index in [4.69, 9.17) is 5.11 Å². The molecule has 0 bridgehead atoms. The van der Waals surface area contributed by atoms with E-state index in [2.05, 4.69) is 19.2 Å². The zero-order valence-electron chi connectivity index (χ0n) is 9.26. The molecule has 0 rings (SSSR count). The van der Waals surface area contributed by atoms with E-state index in [1.54, 1.807) is 0 Å². The first-order chi connectivity index (χ1) is 6.24. The van der Waals surface area contributed by atoms with E-state index in [1.807, 2.05) is 13.8 Å². The fourth-order valence-corrected chi connectivity index (χ4v) is 1.57. The molecule has 0 aromatic heterocycles. The van der Waals surface area contributed by atoms with Crippen LogP contribution in [-0.2, 0) is 9.59 Å². The Morgan fingerprint density at radius 1 is 1.36 bits per heavy atom. The SMILES string of the molecule is CC(C)CC(C)(C)CNC(=O)C(=O)O. The van der Waals surface area contributed by atoms with Crippen molar-refractivity contribution < 1.29 is 14.7 Å². The Morgan fingerprint density at radius 3 is 2.21 bits per heavy atom. The van der Waals surface area contributed by atoms with Crippen molar-refractivity contribution in [3.63, 3.8) is 0 Å². The topological polar surface area (TPSA) is 66.4 Å². The van der Waals surface area contributed by atoms with E-state index in [0.29, 0.717) is 12.5 Å². The van der Waals surface area contributed by atoms with Gasteiger partial charge in [-0.15, -0.1) is 0 Å². The quantitative estimate of drug-likeness (QED) is 0.673. The largest absolute Gasteiger partial charge is 0.474 e. The fourth-order valence-electron chi connectivity index (χ4n) is 1.57. The van der Waals surface area contributed by atoms with Crippen molar-refractivity contribution in [1.82, 2.24) is 5.32 Å². The predicted octanol–water partition coefficient (Wildman–Crippen LogP) is 1.26. The highest BCUT2D eigenvalue weighted by Crippen LogP contribution is 2.23. The van der Waals surface area contributed by atoms with E-state index < -0.39 is 11.9 Å². The molecule has 0 radical (unpaired) electrons. The van der Waals surface area contributed by atoms with Gasteiger partial charge in [0.05, 0.1) is 0 Å². The summed E-state index contributed by atoms with van der Waals surface area (Å²) in [6, 6.07) is 0. The van der Waals surface area contributed by atoms with Crippen LogP contribution in [0.25, 0.3) is 0 Å². The minimum absolute atomic E-state index is 0.0563. The number of amides is 1. The Balaban J connectivity index is 3.98. The molecule has 0 aliphatic carbocycles. The maximum Gasteiger partial charge on any atom is 0.394 e. The molecule has 0 aliphatic heterocycles. The van der Waals surface area contributed by atoms with Crippen molar-refractivity contribution in [3.8, 4) is 0 Å². The van der Waals surface area contributed by atoms with Crippen LogP contribution in [0.4, 0.5) is 0 Å². The minimum Gasteiger partial charge on any atom is -0.474 e. The second-order valence-corrected chi connectivity index (χ2v) is 4.75. The number of carboxylic acids is 1. The third-order valence-corrected chi connectivity index (χ3v) is 1.88. The summed E-state index contributed by atoms with van der Waals surface area (Å²) in [6.45, 7) is 8.61. The Morgan fingerprint density at radius 2 is 1.86 bits per heavy atom. The smallest absolute Gasteiger partial charge is 0.394 e. The first kappa shape index (κ1) is 12.9. The normalized spacial score (nSPS) is 11.5. The number of hydrogen-bond donors (Lipinski definition) is 2. The summed E-state index contributed by atoms with van der Waals surface area (Å²) in [5.74, 6) is -1.82. The number of carbonyl (C=O) groups excluding carboxylic acids is 1. The average molecular weight is 201 g/mol. The van der Waals surface area contributed by atoms with Crippen LogP contribution in [0, 0.1) is 11.3 Å². The average Bonchev–Trinajstić information content (AvgIpc) is 1.97. The van der Waals surface area contributed by atoms with E-state index in [0.717, 1.165) is 6.42 Å². The molecule has 4 heteroatoms. The Hall–Kier alpha value is -1.06. The molecule has 0 aromatic carbocycles. The van der Waals surface area contributed by atoms with Crippen LogP contribution >= 0.6 is 0 Å². The number of aliphatic carboxylic acids is 1. The van der Waals surface area contributed by atoms with E-state index in [-0.39, 0.29) is 5.41 Å². The molecule has 82 valence electrons. The van der Waals surface area contributed by atoms with Crippen LogP contribution in [0.15, 0.2) is 0 Å². The predicted molar refractivity (Wildman–Crippen MR) is 53.9 cm³/mol. The van der Waals surface area contributed by atoms with Gasteiger partial charge >= 0.3 is 11.9 Å². The molecule has 1 amide bonds. The number of hydrogen-bond acceptors (Lipinski definition) is 2. The summed E-state index contributed by atoms with van der Waals surface area (Å²) in [5, 5.41) is 10.7. The first-order valence-electron chi connectivity index (χ1n) is 4.76. The molecule has 0 heterocycles. The minimum atomic E-state index is -1.43. The van der Waals surface area contributed by atoms with Crippen molar-refractivity contribution in [1.29, 1.82) is 0 Å². The van der Waals surface area contributed by atoms with Gasteiger partial charge in [0, 0.05) is 6.54 Å². The van der Waals surface area contributed by atoms with E-state index >= 15 is 0 Å². The van der Waals surface area contributed by atoms with Crippen LogP contribution in [0.3, 0.4) is 0 Å². The first-order valence-corrected chi connectivity index (χ1v) is 4.76. The van der Waals surface area contributed by atoms with Gasteiger partial charge < -0.3 is 10.4 Å². The standard InChI is InChI=1S/C10H19NO3/c1-7(2)5-10(3,4)6-11-8(12)9(13)14/h7H,5-6H2,1-4H3,(H,11,12)(H,13,14). The monoisotopic (exact) mass is 201 g/mol. The Kier molecular flexibility index (Phi) is 4.60. The Bertz CT molecular complexity index is 221. The van der Waals surface area contributed by atoms with Gasteiger partial charge in [0.1, 0.15) is 0 Å². The van der Waals surface area contributed by atoms with Gasteiger partial charge in [0.2, 0.25) is 0 Å². The third-order valence-electron chi connectivity index (χ3n) is 1.88. The fraction of sp³-hybridized carbons (Fsp3) is 0.800. The summed E-state index contributed by atoms with van der Waals surface area (Å²) < 4.78 is 0. The number of carboxylic acid groups (broad SMARTS) is 1. The lowest BCUT2D eigenvalue weighted by Crippen LogP contribution is -2.38. The molecule has 0 aliphatic rings. The molecule has 4 nitrogen and oxygen atoms in total. The molecule has 2 N–H and O–H groups in total. The highest BCUT2D eigenvalue weighted by Gasteiger charge is 2.21. The molecule has 0 spiro atoms. The number of nitrogens with one attached hydrogen (secondary N) is 1. The van der Waals surface area contributed by atoms with E-state index in [1.165, 1.54) is 0 Å². The maximum absolute atomic E-state index is 10.8. The van der Waals surface area contributed by atoms with Crippen molar-refractivity contribution in [3.05, 3.63) is 0 Å². The molecule has 0 aromatic rings. The second-order valence-electron chi connectivity index (χ2n) is 4.75. The zero-order chi connectivity index (χ0) is 11.4. The highest BCUT2D eigenvalue weighted by molar-refractivity contribution is 6.31. The van der Waals surface area contributed by atoms with Crippen molar-refractivity contribution >= 4 is 11.9 Å². The third kappa shape index (κ3) is 5.56. The van der Waals surface area contributed by atoms with Gasteiger partial charge in [-0.3, -0.25) is 4.79 Å². The molecule has 14 heavy (non-hydrogen) atoms. The molecule has 0 saturated heterocycles. The van der Waals surface area contributed by atoms with Gasteiger partial charge in [-0.2, -0.15) is 0 Å². The van der Waals surface area contributed by atoms with Gasteiger partial charge in [0.25, 0.3) is 0 Å². The van der Waals surface area contributed by atoms with Crippen LogP contribution in [-0.4, -0.2) is 23.5 Å². The van der Waals surface area contributed by atoms with Gasteiger partial charge in [-0.25, -0.2) is 4.79 Å². The Labute approximate surface area is 84.7 Å². The van der Waals surface area contributed by atoms with Gasteiger partial charge in [-0.1, -0.05) is 27.7 Å².